The first-order valence-corrected chi connectivity index (χ1v) is 6.74. The highest BCUT2D eigenvalue weighted by Crippen LogP contribution is 2.27. The topological polar surface area (TPSA) is 68.0 Å². The Labute approximate surface area is 110 Å². The summed E-state index contributed by atoms with van der Waals surface area (Å²) in [6.45, 7) is 6.76. The van der Waals surface area contributed by atoms with E-state index in [2.05, 4.69) is 24.1 Å². The normalized spacial score (nSPS) is 11.1. The lowest BCUT2D eigenvalue weighted by Crippen LogP contribution is -2.27. The zero-order valence-corrected chi connectivity index (χ0v) is 11.6. The Morgan fingerprint density at radius 1 is 1.50 bits per heavy atom. The third-order valence-electron chi connectivity index (χ3n) is 2.64. The molecule has 96 valence electrons. The minimum atomic E-state index is -0.0410. The molecule has 0 saturated carbocycles. The monoisotopic (exact) mass is 263 g/mol. The van der Waals surface area contributed by atoms with Crippen LogP contribution < -0.4 is 11.1 Å². The van der Waals surface area contributed by atoms with Crippen LogP contribution in [-0.2, 0) is 0 Å². The summed E-state index contributed by atoms with van der Waals surface area (Å²) >= 11 is 1.41. The SMILES string of the molecule is Cc1cc(C(=O)NCC(C)C)cc2sc(N)nc12. The first kappa shape index (κ1) is 12.8. The highest BCUT2D eigenvalue weighted by Gasteiger charge is 2.11. The zero-order chi connectivity index (χ0) is 13.3. The number of nitrogens with one attached hydrogen (secondary N) is 1. The van der Waals surface area contributed by atoms with Crippen LogP contribution in [0.5, 0.6) is 0 Å². The number of nitrogens with two attached hydrogens (primary N) is 1. The molecule has 5 heteroatoms. The number of nitrogen functional groups attached to an aromatic ring is 1. The highest BCUT2D eigenvalue weighted by atomic mass is 32.1. The molecule has 0 unspecified atom stereocenters. The van der Waals surface area contributed by atoms with Crippen molar-refractivity contribution in [3.8, 4) is 0 Å². The summed E-state index contributed by atoms with van der Waals surface area (Å²) in [6, 6.07) is 3.71. The van der Waals surface area contributed by atoms with E-state index in [-0.39, 0.29) is 5.91 Å². The van der Waals surface area contributed by atoms with Crippen LogP contribution >= 0.6 is 11.3 Å². The fraction of sp³-hybridized carbons (Fsp3) is 0.385. The maximum atomic E-state index is 12.0. The molecule has 0 atom stereocenters. The Balaban J connectivity index is 2.31. The van der Waals surface area contributed by atoms with Crippen molar-refractivity contribution < 1.29 is 4.79 Å². The number of amides is 1. The third-order valence-corrected chi connectivity index (χ3v) is 3.47. The van der Waals surface area contributed by atoms with E-state index in [1.165, 1.54) is 11.3 Å². The van der Waals surface area contributed by atoms with Crippen molar-refractivity contribution in [1.82, 2.24) is 10.3 Å². The number of aryl methyl sites for hydroxylation is 1. The molecule has 0 radical (unpaired) electrons. The molecule has 4 nitrogen and oxygen atoms in total. The molecule has 18 heavy (non-hydrogen) atoms. The predicted molar refractivity (Wildman–Crippen MR) is 75.9 cm³/mol. The van der Waals surface area contributed by atoms with E-state index >= 15 is 0 Å². The van der Waals surface area contributed by atoms with Gasteiger partial charge >= 0.3 is 0 Å². The molecule has 0 spiro atoms. The molecule has 1 aromatic heterocycles. The Morgan fingerprint density at radius 2 is 2.22 bits per heavy atom. The molecular formula is C13H17N3OS. The lowest BCUT2D eigenvalue weighted by molar-refractivity contribution is 0.0949. The van der Waals surface area contributed by atoms with Gasteiger partial charge in [0.1, 0.15) is 0 Å². The van der Waals surface area contributed by atoms with E-state index in [1.54, 1.807) is 0 Å². The summed E-state index contributed by atoms with van der Waals surface area (Å²) in [5.41, 5.74) is 8.23. The van der Waals surface area contributed by atoms with Gasteiger partial charge < -0.3 is 11.1 Å². The lowest BCUT2D eigenvalue weighted by Gasteiger charge is -2.08. The largest absolute Gasteiger partial charge is 0.375 e. The Morgan fingerprint density at radius 3 is 2.89 bits per heavy atom. The van der Waals surface area contributed by atoms with Gasteiger partial charge in [0, 0.05) is 12.1 Å². The molecule has 0 saturated heterocycles. The maximum Gasteiger partial charge on any atom is 0.251 e. The van der Waals surface area contributed by atoms with Gasteiger partial charge in [-0.25, -0.2) is 4.98 Å². The fourth-order valence-corrected chi connectivity index (χ4v) is 2.60. The van der Waals surface area contributed by atoms with Crippen LogP contribution in [0.2, 0.25) is 0 Å². The van der Waals surface area contributed by atoms with E-state index in [0.29, 0.717) is 23.2 Å². The summed E-state index contributed by atoms with van der Waals surface area (Å²) in [5, 5.41) is 3.45. The van der Waals surface area contributed by atoms with Crippen molar-refractivity contribution in [2.24, 2.45) is 5.92 Å². The number of thiazole rings is 1. The van der Waals surface area contributed by atoms with Crippen molar-refractivity contribution in [3.63, 3.8) is 0 Å². The van der Waals surface area contributed by atoms with Crippen LogP contribution in [0.1, 0.15) is 29.8 Å². The van der Waals surface area contributed by atoms with Crippen molar-refractivity contribution in [1.29, 1.82) is 0 Å². The number of rotatable bonds is 3. The predicted octanol–water partition coefficient (Wildman–Crippen LogP) is 2.57. The smallest absolute Gasteiger partial charge is 0.251 e. The summed E-state index contributed by atoms with van der Waals surface area (Å²) in [5.74, 6) is 0.401. The summed E-state index contributed by atoms with van der Waals surface area (Å²) in [4.78, 5) is 16.2. The van der Waals surface area contributed by atoms with Crippen LogP contribution in [0.4, 0.5) is 5.13 Å². The van der Waals surface area contributed by atoms with Gasteiger partial charge in [0.2, 0.25) is 0 Å². The number of hydrogen-bond donors (Lipinski definition) is 2. The van der Waals surface area contributed by atoms with Crippen LogP contribution in [0.3, 0.4) is 0 Å². The highest BCUT2D eigenvalue weighted by molar-refractivity contribution is 7.22. The minimum Gasteiger partial charge on any atom is -0.375 e. The van der Waals surface area contributed by atoms with Gasteiger partial charge in [-0.3, -0.25) is 4.79 Å². The van der Waals surface area contributed by atoms with Crippen LogP contribution in [0.25, 0.3) is 10.2 Å². The average molecular weight is 263 g/mol. The fourth-order valence-electron chi connectivity index (χ4n) is 1.74. The van der Waals surface area contributed by atoms with E-state index in [0.717, 1.165) is 15.8 Å². The first-order chi connectivity index (χ1) is 8.47. The number of anilines is 1. The molecule has 1 aromatic carbocycles. The number of benzene rings is 1. The second-order valence-electron chi connectivity index (χ2n) is 4.80. The molecule has 1 amide bonds. The molecule has 2 aromatic rings. The second kappa shape index (κ2) is 4.94. The quantitative estimate of drug-likeness (QED) is 0.894. The second-order valence-corrected chi connectivity index (χ2v) is 5.86. The van der Waals surface area contributed by atoms with Crippen molar-refractivity contribution >= 4 is 32.6 Å². The minimum absolute atomic E-state index is 0.0410. The van der Waals surface area contributed by atoms with Gasteiger partial charge in [-0.05, 0) is 30.5 Å². The van der Waals surface area contributed by atoms with Crippen molar-refractivity contribution in [3.05, 3.63) is 23.3 Å². The van der Waals surface area contributed by atoms with Gasteiger partial charge in [-0.15, -0.1) is 0 Å². The van der Waals surface area contributed by atoms with E-state index in [9.17, 15) is 4.79 Å². The summed E-state index contributed by atoms with van der Waals surface area (Å²) in [6.07, 6.45) is 0. The number of carbonyl (C=O) groups excluding carboxylic acids is 1. The first-order valence-electron chi connectivity index (χ1n) is 5.92. The van der Waals surface area contributed by atoms with Crippen LogP contribution in [0.15, 0.2) is 12.1 Å². The lowest BCUT2D eigenvalue weighted by atomic mass is 10.1. The standard InChI is InChI=1S/C13H17N3OS/c1-7(2)6-15-12(17)9-4-8(3)11-10(5-9)18-13(14)16-11/h4-5,7H,6H2,1-3H3,(H2,14,16)(H,15,17). The van der Waals surface area contributed by atoms with Gasteiger partial charge in [0.25, 0.3) is 5.91 Å². The zero-order valence-electron chi connectivity index (χ0n) is 10.8. The molecule has 0 fully saturated rings. The summed E-state index contributed by atoms with van der Waals surface area (Å²) < 4.78 is 0.960. The van der Waals surface area contributed by atoms with Gasteiger partial charge in [0.15, 0.2) is 5.13 Å². The maximum absolute atomic E-state index is 12.0. The van der Waals surface area contributed by atoms with Gasteiger partial charge in [-0.1, -0.05) is 25.2 Å². The average Bonchev–Trinajstić information content (AvgIpc) is 2.67. The van der Waals surface area contributed by atoms with Gasteiger partial charge in [0.05, 0.1) is 10.2 Å². The Bertz CT molecular complexity index is 589. The Kier molecular flexibility index (Phi) is 3.52. The van der Waals surface area contributed by atoms with E-state index in [4.69, 9.17) is 5.73 Å². The van der Waals surface area contributed by atoms with E-state index < -0.39 is 0 Å². The molecule has 2 rings (SSSR count). The molecule has 0 bridgehead atoms. The Hall–Kier alpha value is -1.62. The number of nitrogens with zero attached hydrogens (tertiary/aromatic N) is 1. The van der Waals surface area contributed by atoms with Crippen LogP contribution in [-0.4, -0.2) is 17.4 Å². The molecule has 0 aliphatic rings. The molecule has 0 aliphatic heterocycles. The molecule has 0 aliphatic carbocycles. The molecule has 1 heterocycles. The number of fused-ring (bicyclic) bond motifs is 1. The number of aromatic nitrogens is 1. The van der Waals surface area contributed by atoms with Crippen LogP contribution in [0, 0.1) is 12.8 Å². The molecule has 3 N–H and O–H groups in total. The number of carbonyl (C=O) groups is 1. The summed E-state index contributed by atoms with van der Waals surface area (Å²) in [7, 11) is 0. The van der Waals surface area contributed by atoms with Crippen molar-refractivity contribution in [2.45, 2.75) is 20.8 Å². The van der Waals surface area contributed by atoms with Crippen molar-refractivity contribution in [2.75, 3.05) is 12.3 Å². The third kappa shape index (κ3) is 2.61. The van der Waals surface area contributed by atoms with E-state index in [1.807, 2.05) is 19.1 Å². The number of hydrogen-bond acceptors (Lipinski definition) is 4. The molecular weight excluding hydrogens is 246 g/mol. The van der Waals surface area contributed by atoms with Gasteiger partial charge in [-0.2, -0.15) is 0 Å².